The highest BCUT2D eigenvalue weighted by atomic mass is 15.1. The van der Waals surface area contributed by atoms with Crippen LogP contribution in [0.1, 0.15) is 12.7 Å². The summed E-state index contributed by atoms with van der Waals surface area (Å²) in [6.07, 6.45) is 0.785. The van der Waals surface area contributed by atoms with Gasteiger partial charge < -0.3 is 0 Å². The highest BCUT2D eigenvalue weighted by Crippen LogP contribution is 2.40. The van der Waals surface area contributed by atoms with Crippen LogP contribution in [-0.2, 0) is 6.42 Å². The Morgan fingerprint density at radius 3 is 1.84 bits per heavy atom. The van der Waals surface area contributed by atoms with Crippen molar-refractivity contribution in [2.45, 2.75) is 13.3 Å². The van der Waals surface area contributed by atoms with Crippen molar-refractivity contribution in [2.75, 3.05) is 0 Å². The van der Waals surface area contributed by atoms with Crippen LogP contribution in [0.4, 0.5) is 0 Å². The van der Waals surface area contributed by atoms with Crippen molar-refractivity contribution in [1.29, 1.82) is 0 Å². The molecule has 0 unspecified atom stereocenters. The number of imidazole rings is 1. The summed E-state index contributed by atoms with van der Waals surface area (Å²) in [4.78, 5) is 15.8. The molecule has 0 aliphatic carbocycles. The van der Waals surface area contributed by atoms with Gasteiger partial charge in [-0.25, -0.2) is 15.0 Å². The smallest absolute Gasteiger partial charge is 0.160 e. The van der Waals surface area contributed by atoms with Gasteiger partial charge in [-0.2, -0.15) is 0 Å². The van der Waals surface area contributed by atoms with E-state index in [1.807, 2.05) is 6.07 Å². The first-order valence-corrected chi connectivity index (χ1v) is 18.8. The number of fused-ring (bicyclic) bond motifs is 4. The maximum Gasteiger partial charge on any atom is 0.160 e. The monoisotopic (exact) mass is 704 g/mol. The summed E-state index contributed by atoms with van der Waals surface area (Å²) in [5.74, 6) is 1.67. The van der Waals surface area contributed by atoms with Gasteiger partial charge in [-0.05, 0) is 86.3 Å². The Bertz CT molecular complexity index is 3020. The number of aryl methyl sites for hydroxylation is 1. The van der Waals surface area contributed by atoms with E-state index in [4.69, 9.17) is 15.0 Å². The fraction of sp³-hybridized carbons (Fsp3) is 0.0392. The van der Waals surface area contributed by atoms with Crippen LogP contribution in [0.5, 0.6) is 0 Å². The number of nitrogens with zero attached hydrogens (tertiary/aromatic N) is 4. The Balaban J connectivity index is 1.27. The zero-order valence-corrected chi connectivity index (χ0v) is 30.4. The van der Waals surface area contributed by atoms with Gasteiger partial charge in [-0.15, -0.1) is 0 Å². The summed E-state index contributed by atoms with van der Waals surface area (Å²) in [5.41, 5.74) is 12.4. The van der Waals surface area contributed by atoms with Crippen molar-refractivity contribution >= 4 is 32.6 Å². The first kappa shape index (κ1) is 32.5. The SMILES string of the molecule is CCc1nc2ccccc2n1-c1cc(-c2nc(-c3ccccc3)cc(-c3ccccc3-c3ccccc3)n2)cc(-c2cc3ccccc3c3ccccc23)c1. The number of para-hydroxylation sites is 2. The standard InChI is InChI=1S/C51H36N4/c1-2-50-52-46-27-15-16-28-49(46)55(50)39-30-37(45-32-36-21-9-10-23-41(36)42-24-12-13-25-43(42)45)29-38(31-39)51-53-47(35-19-7-4-8-20-35)33-48(54-51)44-26-14-11-22-40(44)34-17-5-3-6-18-34/h3-33H,2H2,1H3. The zero-order valence-electron chi connectivity index (χ0n) is 30.4. The third-order valence-electron chi connectivity index (χ3n) is 10.5. The van der Waals surface area contributed by atoms with E-state index >= 15 is 0 Å². The summed E-state index contributed by atoms with van der Waals surface area (Å²) in [5, 5.41) is 4.87. The molecule has 55 heavy (non-hydrogen) atoms. The molecule has 0 bridgehead atoms. The van der Waals surface area contributed by atoms with Crippen molar-refractivity contribution < 1.29 is 0 Å². The number of hydrogen-bond acceptors (Lipinski definition) is 3. The van der Waals surface area contributed by atoms with Gasteiger partial charge in [-0.1, -0.05) is 153 Å². The second kappa shape index (κ2) is 13.7. The first-order valence-electron chi connectivity index (χ1n) is 18.8. The third kappa shape index (κ3) is 5.85. The number of rotatable bonds is 7. The van der Waals surface area contributed by atoms with E-state index in [1.165, 1.54) is 21.5 Å². The van der Waals surface area contributed by atoms with Crippen LogP contribution < -0.4 is 0 Å². The summed E-state index contributed by atoms with van der Waals surface area (Å²) in [6.45, 7) is 2.17. The molecule has 0 fully saturated rings. The first-order chi connectivity index (χ1) is 27.2. The molecule has 0 N–H and O–H groups in total. The molecule has 0 aliphatic heterocycles. The molecule has 0 spiro atoms. The Hall–Kier alpha value is -7.17. The predicted octanol–water partition coefficient (Wildman–Crippen LogP) is 13.0. The Morgan fingerprint density at radius 1 is 0.418 bits per heavy atom. The fourth-order valence-electron chi connectivity index (χ4n) is 7.97. The molecule has 10 rings (SSSR count). The molecule has 10 aromatic rings. The number of hydrogen-bond donors (Lipinski definition) is 0. The molecule has 260 valence electrons. The van der Waals surface area contributed by atoms with Gasteiger partial charge in [0.1, 0.15) is 5.82 Å². The summed E-state index contributed by atoms with van der Waals surface area (Å²) < 4.78 is 2.30. The van der Waals surface area contributed by atoms with Gasteiger partial charge in [0.25, 0.3) is 0 Å². The molecule has 2 heterocycles. The summed E-state index contributed by atoms with van der Waals surface area (Å²) in [7, 11) is 0. The van der Waals surface area contributed by atoms with Crippen molar-refractivity contribution in [3.63, 3.8) is 0 Å². The average molecular weight is 705 g/mol. The molecule has 0 saturated heterocycles. The van der Waals surface area contributed by atoms with E-state index in [0.717, 1.165) is 79.3 Å². The lowest BCUT2D eigenvalue weighted by molar-refractivity contribution is 0.908. The van der Waals surface area contributed by atoms with E-state index < -0.39 is 0 Å². The van der Waals surface area contributed by atoms with Crippen LogP contribution in [0.2, 0.25) is 0 Å². The van der Waals surface area contributed by atoms with E-state index in [1.54, 1.807) is 0 Å². The van der Waals surface area contributed by atoms with Gasteiger partial charge >= 0.3 is 0 Å². The molecular weight excluding hydrogens is 669 g/mol. The Labute approximate surface area is 320 Å². The van der Waals surface area contributed by atoms with Crippen LogP contribution in [-0.4, -0.2) is 19.5 Å². The van der Waals surface area contributed by atoms with E-state index in [0.29, 0.717) is 5.82 Å². The van der Waals surface area contributed by atoms with Crippen LogP contribution in [0.3, 0.4) is 0 Å². The lowest BCUT2D eigenvalue weighted by atomic mass is 9.92. The molecule has 0 saturated carbocycles. The lowest BCUT2D eigenvalue weighted by Crippen LogP contribution is -2.02. The molecule has 2 aromatic heterocycles. The van der Waals surface area contributed by atoms with E-state index in [9.17, 15) is 0 Å². The normalized spacial score (nSPS) is 11.4. The molecule has 4 heteroatoms. The number of benzene rings is 8. The zero-order chi connectivity index (χ0) is 36.7. The van der Waals surface area contributed by atoms with Crippen molar-refractivity contribution in [1.82, 2.24) is 19.5 Å². The quantitative estimate of drug-likeness (QED) is 0.155. The van der Waals surface area contributed by atoms with Gasteiger partial charge in [-0.3, -0.25) is 4.57 Å². The van der Waals surface area contributed by atoms with Gasteiger partial charge in [0.05, 0.1) is 22.4 Å². The summed E-state index contributed by atoms with van der Waals surface area (Å²) >= 11 is 0. The van der Waals surface area contributed by atoms with Gasteiger partial charge in [0, 0.05) is 28.8 Å². The Kier molecular flexibility index (Phi) is 8.07. The minimum absolute atomic E-state index is 0.662. The molecule has 4 nitrogen and oxygen atoms in total. The number of aromatic nitrogens is 4. The molecule has 0 radical (unpaired) electrons. The minimum Gasteiger partial charge on any atom is -0.296 e. The Morgan fingerprint density at radius 2 is 1.04 bits per heavy atom. The lowest BCUT2D eigenvalue weighted by Gasteiger charge is -2.17. The van der Waals surface area contributed by atoms with Crippen LogP contribution >= 0.6 is 0 Å². The largest absolute Gasteiger partial charge is 0.296 e. The molecule has 0 atom stereocenters. The van der Waals surface area contributed by atoms with E-state index in [-0.39, 0.29) is 0 Å². The maximum atomic E-state index is 5.42. The van der Waals surface area contributed by atoms with Crippen LogP contribution in [0, 0.1) is 0 Å². The second-order valence-electron chi connectivity index (χ2n) is 13.9. The highest BCUT2D eigenvalue weighted by molar-refractivity contribution is 6.14. The maximum absolute atomic E-state index is 5.42. The minimum atomic E-state index is 0.662. The third-order valence-corrected chi connectivity index (χ3v) is 10.5. The second-order valence-corrected chi connectivity index (χ2v) is 13.9. The molecule has 8 aromatic carbocycles. The van der Waals surface area contributed by atoms with Crippen LogP contribution in [0.25, 0.3) is 94.4 Å². The summed E-state index contributed by atoms with van der Waals surface area (Å²) in [6, 6.07) is 66.5. The van der Waals surface area contributed by atoms with Crippen molar-refractivity contribution in [3.8, 4) is 61.8 Å². The molecular formula is C51H36N4. The molecule has 0 aliphatic rings. The molecule has 0 amide bonds. The van der Waals surface area contributed by atoms with Crippen molar-refractivity contribution in [3.05, 3.63) is 194 Å². The topological polar surface area (TPSA) is 43.6 Å². The van der Waals surface area contributed by atoms with Gasteiger partial charge in [0.2, 0.25) is 0 Å². The highest BCUT2D eigenvalue weighted by Gasteiger charge is 2.19. The van der Waals surface area contributed by atoms with E-state index in [2.05, 4.69) is 193 Å². The predicted molar refractivity (Wildman–Crippen MR) is 228 cm³/mol. The fourth-order valence-corrected chi connectivity index (χ4v) is 7.97. The van der Waals surface area contributed by atoms with Gasteiger partial charge in [0.15, 0.2) is 5.82 Å². The van der Waals surface area contributed by atoms with Crippen molar-refractivity contribution in [2.24, 2.45) is 0 Å². The average Bonchev–Trinajstić information content (AvgIpc) is 3.65. The van der Waals surface area contributed by atoms with Crippen LogP contribution in [0.15, 0.2) is 188 Å².